The first kappa shape index (κ1) is 26.6. The number of amides is 3. The summed E-state index contributed by atoms with van der Waals surface area (Å²) in [4.78, 5) is 50.9. The van der Waals surface area contributed by atoms with Gasteiger partial charge in [0.05, 0.1) is 6.04 Å². The quantitative estimate of drug-likeness (QED) is 0.256. The third-order valence-electron chi connectivity index (χ3n) is 6.16. The number of hydrogen-bond donors (Lipinski definition) is 4. The van der Waals surface area contributed by atoms with E-state index in [-0.39, 0.29) is 24.6 Å². The van der Waals surface area contributed by atoms with E-state index in [1.807, 2.05) is 35.2 Å². The Morgan fingerprint density at radius 3 is 2.44 bits per heavy atom. The molecule has 1 aliphatic rings. The molecule has 36 heavy (non-hydrogen) atoms. The Kier molecular flexibility index (Phi) is 9.35. The average molecular weight is 493 g/mol. The molecule has 0 radical (unpaired) electrons. The van der Waals surface area contributed by atoms with Crippen molar-refractivity contribution in [3.63, 3.8) is 0 Å². The minimum absolute atomic E-state index is 0.134. The molecule has 0 spiro atoms. The third kappa shape index (κ3) is 7.78. The van der Waals surface area contributed by atoms with Gasteiger partial charge in [0.25, 0.3) is 0 Å². The van der Waals surface area contributed by atoms with Crippen LogP contribution in [0.3, 0.4) is 0 Å². The van der Waals surface area contributed by atoms with Gasteiger partial charge in [-0.1, -0.05) is 42.5 Å². The van der Waals surface area contributed by atoms with Crippen molar-refractivity contribution in [2.75, 3.05) is 19.6 Å². The van der Waals surface area contributed by atoms with E-state index in [2.05, 4.69) is 10.6 Å². The van der Waals surface area contributed by atoms with Crippen LogP contribution in [0.4, 0.5) is 0 Å². The molecule has 1 fully saturated rings. The van der Waals surface area contributed by atoms with Gasteiger partial charge in [0.15, 0.2) is 0 Å². The molecule has 0 saturated carbocycles. The molecule has 9 nitrogen and oxygen atoms in total. The van der Waals surface area contributed by atoms with E-state index >= 15 is 0 Å². The van der Waals surface area contributed by atoms with Crippen LogP contribution >= 0.6 is 0 Å². The molecule has 0 unspecified atom stereocenters. The SMILES string of the molecule is NC(=O)/C=C/C(=O)N[C@](C=O)(Cc1ccccc1)CN1CCC[C@H]1C(=O)NCCc1ccc(O)cc1. The van der Waals surface area contributed by atoms with Crippen molar-refractivity contribution in [2.24, 2.45) is 5.73 Å². The molecular weight excluding hydrogens is 460 g/mol. The predicted molar refractivity (Wildman–Crippen MR) is 135 cm³/mol. The number of benzene rings is 2. The number of primary amides is 1. The van der Waals surface area contributed by atoms with Gasteiger partial charge in [0.1, 0.15) is 17.6 Å². The predicted octanol–water partition coefficient (Wildman–Crippen LogP) is 0.853. The normalized spacial score (nSPS) is 17.4. The fourth-order valence-electron chi connectivity index (χ4n) is 4.44. The molecule has 2 atom stereocenters. The highest BCUT2D eigenvalue weighted by molar-refractivity contribution is 5.97. The zero-order valence-electron chi connectivity index (χ0n) is 20.1. The zero-order valence-corrected chi connectivity index (χ0v) is 20.1. The molecule has 5 N–H and O–H groups in total. The van der Waals surface area contributed by atoms with Crippen LogP contribution in [0.15, 0.2) is 66.7 Å². The minimum atomic E-state index is -1.31. The lowest BCUT2D eigenvalue weighted by Gasteiger charge is -2.35. The van der Waals surface area contributed by atoms with Crippen LogP contribution in [-0.4, -0.2) is 65.2 Å². The Labute approximate surface area is 210 Å². The maximum absolute atomic E-state index is 13.0. The molecule has 2 aromatic carbocycles. The van der Waals surface area contributed by atoms with Crippen molar-refractivity contribution in [1.29, 1.82) is 0 Å². The molecule has 0 aliphatic carbocycles. The van der Waals surface area contributed by atoms with Gasteiger partial charge in [-0.2, -0.15) is 0 Å². The Hall–Kier alpha value is -3.98. The molecule has 2 aromatic rings. The standard InChI is InChI=1S/C27H32N4O5/c28-24(34)12-13-25(35)30-27(19-32,17-21-5-2-1-3-6-21)18-31-16-4-7-23(31)26(36)29-15-14-20-8-10-22(33)11-9-20/h1-3,5-6,8-13,19,23,33H,4,7,14-18H2,(H2,28,34)(H,29,36)(H,30,35)/b13-12+/t23-,27+/m0/s1. The molecule has 0 bridgehead atoms. The highest BCUT2D eigenvalue weighted by Crippen LogP contribution is 2.22. The lowest BCUT2D eigenvalue weighted by molar-refractivity contribution is -0.127. The van der Waals surface area contributed by atoms with Crippen molar-refractivity contribution in [1.82, 2.24) is 15.5 Å². The summed E-state index contributed by atoms with van der Waals surface area (Å²) in [5.41, 5.74) is 5.62. The summed E-state index contributed by atoms with van der Waals surface area (Å²) in [5.74, 6) is -1.33. The van der Waals surface area contributed by atoms with Gasteiger partial charge in [0.2, 0.25) is 17.7 Å². The number of nitrogens with one attached hydrogen (secondary N) is 2. The van der Waals surface area contributed by atoms with Crippen LogP contribution in [0.5, 0.6) is 5.75 Å². The van der Waals surface area contributed by atoms with Gasteiger partial charge < -0.3 is 26.3 Å². The van der Waals surface area contributed by atoms with Gasteiger partial charge in [0, 0.05) is 31.7 Å². The fourth-order valence-corrected chi connectivity index (χ4v) is 4.44. The summed E-state index contributed by atoms with van der Waals surface area (Å²) >= 11 is 0. The van der Waals surface area contributed by atoms with Crippen LogP contribution in [0.25, 0.3) is 0 Å². The van der Waals surface area contributed by atoms with E-state index in [1.54, 1.807) is 24.3 Å². The zero-order chi connectivity index (χ0) is 26.0. The molecule has 0 aromatic heterocycles. The van der Waals surface area contributed by atoms with Crippen molar-refractivity contribution in [3.05, 3.63) is 77.9 Å². The number of carbonyl (C=O) groups is 4. The Balaban J connectivity index is 1.70. The summed E-state index contributed by atoms with van der Waals surface area (Å²) in [6.07, 6.45) is 4.91. The van der Waals surface area contributed by atoms with Crippen LogP contribution in [0.1, 0.15) is 24.0 Å². The lowest BCUT2D eigenvalue weighted by Crippen LogP contribution is -2.60. The van der Waals surface area contributed by atoms with E-state index in [0.717, 1.165) is 29.7 Å². The Morgan fingerprint density at radius 2 is 1.78 bits per heavy atom. The number of nitrogens with zero attached hydrogens (tertiary/aromatic N) is 1. The van der Waals surface area contributed by atoms with Crippen LogP contribution in [-0.2, 0) is 32.0 Å². The first-order valence-corrected chi connectivity index (χ1v) is 11.9. The van der Waals surface area contributed by atoms with E-state index in [1.165, 1.54) is 0 Å². The highest BCUT2D eigenvalue weighted by Gasteiger charge is 2.39. The van der Waals surface area contributed by atoms with Crippen LogP contribution in [0.2, 0.25) is 0 Å². The Morgan fingerprint density at radius 1 is 1.06 bits per heavy atom. The number of nitrogens with two attached hydrogens (primary N) is 1. The second-order valence-electron chi connectivity index (χ2n) is 9.00. The molecule has 1 saturated heterocycles. The van der Waals surface area contributed by atoms with Gasteiger partial charge in [-0.15, -0.1) is 0 Å². The van der Waals surface area contributed by atoms with E-state index in [0.29, 0.717) is 32.2 Å². The molecule has 9 heteroatoms. The lowest BCUT2D eigenvalue weighted by atomic mass is 9.90. The van der Waals surface area contributed by atoms with Gasteiger partial charge >= 0.3 is 0 Å². The average Bonchev–Trinajstić information content (AvgIpc) is 3.32. The second kappa shape index (κ2) is 12.6. The first-order chi connectivity index (χ1) is 17.3. The number of hydrogen-bond acceptors (Lipinski definition) is 6. The Bertz CT molecular complexity index is 1090. The topological polar surface area (TPSA) is 142 Å². The molecular formula is C27H32N4O5. The summed E-state index contributed by atoms with van der Waals surface area (Å²) in [6, 6.07) is 15.7. The number of aromatic hydroxyl groups is 1. The van der Waals surface area contributed by atoms with Crippen LogP contribution in [0, 0.1) is 0 Å². The maximum Gasteiger partial charge on any atom is 0.245 e. The maximum atomic E-state index is 13.0. The van der Waals surface area contributed by atoms with Crippen molar-refractivity contribution in [3.8, 4) is 5.75 Å². The number of aldehydes is 1. The van der Waals surface area contributed by atoms with Crippen molar-refractivity contribution < 1.29 is 24.3 Å². The number of likely N-dealkylation sites (tertiary alicyclic amines) is 1. The molecule has 1 heterocycles. The fraction of sp³-hybridized carbons (Fsp3) is 0.333. The second-order valence-corrected chi connectivity index (χ2v) is 9.00. The third-order valence-corrected chi connectivity index (χ3v) is 6.16. The summed E-state index contributed by atoms with van der Waals surface area (Å²) < 4.78 is 0. The molecule has 1 aliphatic heterocycles. The number of rotatable bonds is 12. The van der Waals surface area contributed by atoms with E-state index in [9.17, 15) is 24.3 Å². The van der Waals surface area contributed by atoms with Crippen molar-refractivity contribution in [2.45, 2.75) is 37.3 Å². The van der Waals surface area contributed by atoms with E-state index in [4.69, 9.17) is 5.73 Å². The number of phenols is 1. The van der Waals surface area contributed by atoms with Crippen LogP contribution < -0.4 is 16.4 Å². The number of carbonyl (C=O) groups excluding carboxylic acids is 4. The first-order valence-electron chi connectivity index (χ1n) is 11.9. The smallest absolute Gasteiger partial charge is 0.245 e. The van der Waals surface area contributed by atoms with Gasteiger partial charge in [-0.25, -0.2) is 0 Å². The largest absolute Gasteiger partial charge is 0.508 e. The van der Waals surface area contributed by atoms with Crippen molar-refractivity contribution >= 4 is 24.0 Å². The molecule has 3 rings (SSSR count). The monoisotopic (exact) mass is 492 g/mol. The summed E-state index contributed by atoms with van der Waals surface area (Å²) in [5, 5.41) is 15.1. The molecule has 3 amide bonds. The molecule has 190 valence electrons. The summed E-state index contributed by atoms with van der Waals surface area (Å²) in [7, 11) is 0. The van der Waals surface area contributed by atoms with Gasteiger partial charge in [-0.05, 0) is 49.1 Å². The minimum Gasteiger partial charge on any atom is -0.508 e. The van der Waals surface area contributed by atoms with E-state index < -0.39 is 23.4 Å². The van der Waals surface area contributed by atoms with Gasteiger partial charge in [-0.3, -0.25) is 19.3 Å². The number of phenolic OH excluding ortho intramolecular Hbond substituents is 1. The summed E-state index contributed by atoms with van der Waals surface area (Å²) in [6.45, 7) is 1.18. The highest BCUT2D eigenvalue weighted by atomic mass is 16.3.